The maximum absolute atomic E-state index is 2.74. The van der Waals surface area contributed by atoms with Crippen molar-refractivity contribution in [3.05, 3.63) is 0 Å². The maximum Gasteiger partial charge on any atom is 0.0125 e. The predicted molar refractivity (Wildman–Crippen MR) is 102 cm³/mol. The summed E-state index contributed by atoms with van der Waals surface area (Å²) in [6.45, 7) is 20.9. The van der Waals surface area contributed by atoms with E-state index in [0.717, 1.165) is 0 Å². The summed E-state index contributed by atoms with van der Waals surface area (Å²) >= 11 is 0. The maximum atomic E-state index is 2.74. The Morgan fingerprint density at radius 2 is 1.26 bits per heavy atom. The number of piperidine rings is 2. The molecule has 136 valence electrons. The highest BCUT2D eigenvalue weighted by Crippen LogP contribution is 2.42. The lowest BCUT2D eigenvalue weighted by molar-refractivity contribution is 0.00320. The monoisotopic (exact) mass is 322 g/mol. The Labute approximate surface area is 146 Å². The number of hydrogen-bond donors (Lipinski definition) is 0. The largest absolute Gasteiger partial charge is 0.303 e. The van der Waals surface area contributed by atoms with Crippen LogP contribution < -0.4 is 0 Å². The van der Waals surface area contributed by atoms with Gasteiger partial charge in [0, 0.05) is 5.54 Å². The van der Waals surface area contributed by atoms with E-state index < -0.39 is 0 Å². The molecule has 0 amide bonds. The van der Waals surface area contributed by atoms with E-state index in [9.17, 15) is 0 Å². The van der Waals surface area contributed by atoms with Crippen LogP contribution in [0.5, 0.6) is 0 Å². The third-order valence-corrected chi connectivity index (χ3v) is 6.34. The van der Waals surface area contributed by atoms with Crippen LogP contribution in [0.25, 0.3) is 0 Å². The minimum atomic E-state index is 0.357. The van der Waals surface area contributed by atoms with Crippen LogP contribution in [0.2, 0.25) is 0 Å². The van der Waals surface area contributed by atoms with Gasteiger partial charge in [0.2, 0.25) is 0 Å². The quantitative estimate of drug-likeness (QED) is 0.658. The summed E-state index contributed by atoms with van der Waals surface area (Å²) in [5, 5.41) is 0. The van der Waals surface area contributed by atoms with Gasteiger partial charge < -0.3 is 4.90 Å². The number of likely N-dealkylation sites (tertiary alicyclic amines) is 2. The van der Waals surface area contributed by atoms with Gasteiger partial charge in [0.25, 0.3) is 0 Å². The first-order chi connectivity index (χ1) is 10.6. The van der Waals surface area contributed by atoms with Crippen LogP contribution in [-0.4, -0.2) is 48.1 Å². The number of hydrogen-bond acceptors (Lipinski definition) is 2. The molecule has 2 fully saturated rings. The lowest BCUT2D eigenvalue weighted by Crippen LogP contribution is -2.51. The molecule has 2 heteroatoms. The van der Waals surface area contributed by atoms with Crippen molar-refractivity contribution >= 4 is 0 Å². The standard InChI is InChI=1S/C21H42N2/c1-19(2,3)9-7-8-14-22-15-10-21(11-16-22)12-17-23(18-13-21)20(4,5)6/h7-18H2,1-6H3. The fraction of sp³-hybridized carbons (Fsp3) is 1.00. The van der Waals surface area contributed by atoms with E-state index in [-0.39, 0.29) is 0 Å². The third-order valence-electron chi connectivity index (χ3n) is 6.34. The Hall–Kier alpha value is -0.0800. The van der Waals surface area contributed by atoms with E-state index in [1.54, 1.807) is 0 Å². The van der Waals surface area contributed by atoms with Crippen LogP contribution in [0.3, 0.4) is 0 Å². The van der Waals surface area contributed by atoms with E-state index in [0.29, 0.717) is 16.4 Å². The van der Waals surface area contributed by atoms with Gasteiger partial charge in [0.15, 0.2) is 0 Å². The molecule has 2 nitrogen and oxygen atoms in total. The van der Waals surface area contributed by atoms with Gasteiger partial charge in [-0.1, -0.05) is 27.2 Å². The molecule has 0 unspecified atom stereocenters. The molecule has 2 rings (SSSR count). The second-order valence-electron chi connectivity index (χ2n) is 10.5. The molecule has 2 saturated heterocycles. The van der Waals surface area contributed by atoms with E-state index in [1.165, 1.54) is 77.7 Å². The summed E-state index contributed by atoms with van der Waals surface area (Å²) in [5.41, 5.74) is 1.55. The van der Waals surface area contributed by atoms with E-state index in [4.69, 9.17) is 0 Å². The van der Waals surface area contributed by atoms with Crippen molar-refractivity contribution in [2.45, 2.75) is 92.0 Å². The average Bonchev–Trinajstić information content (AvgIpc) is 2.44. The number of nitrogens with zero attached hydrogens (tertiary/aromatic N) is 2. The Balaban J connectivity index is 1.66. The zero-order valence-electron chi connectivity index (χ0n) is 16.9. The highest BCUT2D eigenvalue weighted by molar-refractivity contribution is 4.93. The zero-order valence-corrected chi connectivity index (χ0v) is 16.9. The number of unbranched alkanes of at least 4 members (excludes halogenated alkanes) is 1. The van der Waals surface area contributed by atoms with E-state index in [1.807, 2.05) is 0 Å². The first kappa shape index (κ1) is 19.2. The normalized spacial score (nSPS) is 24.3. The van der Waals surface area contributed by atoms with Gasteiger partial charge in [-0.3, -0.25) is 4.90 Å². The molecule has 2 aliphatic heterocycles. The molecule has 2 heterocycles. The third kappa shape index (κ3) is 6.05. The average molecular weight is 323 g/mol. The molecule has 0 aliphatic carbocycles. The van der Waals surface area contributed by atoms with Crippen molar-refractivity contribution in [3.8, 4) is 0 Å². The Morgan fingerprint density at radius 1 is 0.739 bits per heavy atom. The van der Waals surface area contributed by atoms with Crippen molar-refractivity contribution in [2.75, 3.05) is 32.7 Å². The highest BCUT2D eigenvalue weighted by Gasteiger charge is 2.39. The molecule has 0 radical (unpaired) electrons. The first-order valence-corrected chi connectivity index (χ1v) is 10.1. The fourth-order valence-electron chi connectivity index (χ4n) is 4.39. The van der Waals surface area contributed by atoms with Crippen LogP contribution in [0, 0.1) is 10.8 Å². The summed E-state index contributed by atoms with van der Waals surface area (Å²) < 4.78 is 0. The molecule has 0 N–H and O–H groups in total. The molecular formula is C21H42N2. The van der Waals surface area contributed by atoms with Gasteiger partial charge in [0.05, 0.1) is 0 Å². The number of rotatable bonds is 4. The SMILES string of the molecule is CC(C)(C)CCCCN1CCC2(CC1)CCN(C(C)(C)C)CC2. The van der Waals surface area contributed by atoms with Gasteiger partial charge in [-0.05, 0) is 103 Å². The van der Waals surface area contributed by atoms with Gasteiger partial charge in [0.1, 0.15) is 0 Å². The lowest BCUT2D eigenvalue weighted by Gasteiger charge is -2.50. The van der Waals surface area contributed by atoms with Crippen molar-refractivity contribution in [1.82, 2.24) is 9.80 Å². The second kappa shape index (κ2) is 7.44. The van der Waals surface area contributed by atoms with Gasteiger partial charge >= 0.3 is 0 Å². The summed E-state index contributed by atoms with van der Waals surface area (Å²) in [6, 6.07) is 0. The smallest absolute Gasteiger partial charge is 0.0125 e. The minimum Gasteiger partial charge on any atom is -0.303 e. The van der Waals surface area contributed by atoms with E-state index in [2.05, 4.69) is 51.3 Å². The van der Waals surface area contributed by atoms with Gasteiger partial charge in [-0.25, -0.2) is 0 Å². The molecule has 23 heavy (non-hydrogen) atoms. The van der Waals surface area contributed by atoms with Crippen LogP contribution in [-0.2, 0) is 0 Å². The minimum absolute atomic E-state index is 0.357. The van der Waals surface area contributed by atoms with Crippen molar-refractivity contribution in [1.29, 1.82) is 0 Å². The molecule has 2 aliphatic rings. The topological polar surface area (TPSA) is 6.48 Å². The van der Waals surface area contributed by atoms with Crippen molar-refractivity contribution < 1.29 is 0 Å². The Kier molecular flexibility index (Phi) is 6.22. The van der Waals surface area contributed by atoms with Crippen LogP contribution >= 0.6 is 0 Å². The Morgan fingerprint density at radius 3 is 1.74 bits per heavy atom. The van der Waals surface area contributed by atoms with Gasteiger partial charge in [-0.2, -0.15) is 0 Å². The molecule has 0 saturated carbocycles. The lowest BCUT2D eigenvalue weighted by atomic mass is 9.70. The fourth-order valence-corrected chi connectivity index (χ4v) is 4.39. The molecule has 0 aromatic heterocycles. The van der Waals surface area contributed by atoms with Gasteiger partial charge in [-0.15, -0.1) is 0 Å². The van der Waals surface area contributed by atoms with Crippen LogP contribution in [0.1, 0.15) is 86.5 Å². The first-order valence-electron chi connectivity index (χ1n) is 10.1. The summed E-state index contributed by atoms with van der Waals surface area (Å²) in [5.74, 6) is 0. The molecule has 0 bridgehead atoms. The summed E-state index contributed by atoms with van der Waals surface area (Å²) in [6.07, 6.45) is 9.92. The molecule has 0 aromatic carbocycles. The van der Waals surface area contributed by atoms with Crippen molar-refractivity contribution in [3.63, 3.8) is 0 Å². The molecule has 1 spiro atoms. The van der Waals surface area contributed by atoms with Crippen molar-refractivity contribution in [2.24, 2.45) is 10.8 Å². The van der Waals surface area contributed by atoms with Crippen LogP contribution in [0.4, 0.5) is 0 Å². The summed E-state index contributed by atoms with van der Waals surface area (Å²) in [4.78, 5) is 5.43. The Bertz CT molecular complexity index is 343. The second-order valence-corrected chi connectivity index (χ2v) is 10.5. The zero-order chi connectivity index (χ0) is 17.1. The molecular weight excluding hydrogens is 280 g/mol. The highest BCUT2D eigenvalue weighted by atomic mass is 15.2. The molecule has 0 aromatic rings. The summed E-state index contributed by atoms with van der Waals surface area (Å²) in [7, 11) is 0. The van der Waals surface area contributed by atoms with E-state index >= 15 is 0 Å². The van der Waals surface area contributed by atoms with Crippen LogP contribution in [0.15, 0.2) is 0 Å². The molecule has 0 atom stereocenters. The predicted octanol–water partition coefficient (Wildman–Crippen LogP) is 5.18.